The van der Waals surface area contributed by atoms with E-state index < -0.39 is 0 Å². The van der Waals surface area contributed by atoms with Crippen LogP contribution in [0.1, 0.15) is 31.7 Å². The molecule has 1 aromatic heterocycles. The summed E-state index contributed by atoms with van der Waals surface area (Å²) in [7, 11) is 0. The molecule has 0 radical (unpaired) electrons. The number of fused-ring (bicyclic) bond motifs is 1. The largest absolute Gasteiger partial charge is 0.361 e. The van der Waals surface area contributed by atoms with Crippen molar-refractivity contribution in [2.75, 3.05) is 6.54 Å². The molecule has 1 aliphatic carbocycles. The molecule has 0 spiro atoms. The molecule has 1 aliphatic rings. The third-order valence-corrected chi connectivity index (χ3v) is 4.45. The van der Waals surface area contributed by atoms with Gasteiger partial charge in [-0.05, 0) is 42.5 Å². The average molecular weight is 242 g/mol. The number of rotatable bonds is 4. The molecule has 2 aromatic rings. The number of aromatic amines is 1. The summed E-state index contributed by atoms with van der Waals surface area (Å²) < 4.78 is 0. The summed E-state index contributed by atoms with van der Waals surface area (Å²) in [6.45, 7) is 4.55. The molecule has 3 rings (SSSR count). The molecule has 0 amide bonds. The van der Waals surface area contributed by atoms with Crippen molar-refractivity contribution < 1.29 is 0 Å². The lowest BCUT2D eigenvalue weighted by molar-refractivity contribution is 0.392. The lowest BCUT2D eigenvalue weighted by Gasteiger charge is -2.16. The first-order valence-electron chi connectivity index (χ1n) is 7.10. The van der Waals surface area contributed by atoms with Crippen molar-refractivity contribution in [2.45, 2.75) is 32.7 Å². The van der Waals surface area contributed by atoms with Gasteiger partial charge < -0.3 is 10.3 Å². The standard InChI is InChI=1S/C16H22N2/c1-12-4-2-5-13(12)10-17-11-14-6-3-7-16-15(14)8-9-18-16/h3,6-9,12-13,17-18H,2,4-5,10-11H2,1H3. The van der Waals surface area contributed by atoms with Gasteiger partial charge in [-0.3, -0.25) is 0 Å². The molecule has 2 N–H and O–H groups in total. The molecule has 1 fully saturated rings. The van der Waals surface area contributed by atoms with E-state index in [1.807, 2.05) is 6.20 Å². The molecule has 2 atom stereocenters. The highest BCUT2D eigenvalue weighted by Gasteiger charge is 2.22. The van der Waals surface area contributed by atoms with E-state index in [9.17, 15) is 0 Å². The molecule has 2 heteroatoms. The first-order valence-corrected chi connectivity index (χ1v) is 7.10. The van der Waals surface area contributed by atoms with Crippen molar-refractivity contribution in [3.05, 3.63) is 36.0 Å². The van der Waals surface area contributed by atoms with Crippen LogP contribution in [0, 0.1) is 11.8 Å². The van der Waals surface area contributed by atoms with Gasteiger partial charge in [0.15, 0.2) is 0 Å². The Labute approximate surface area is 109 Å². The number of hydrogen-bond acceptors (Lipinski definition) is 1. The van der Waals surface area contributed by atoms with E-state index in [-0.39, 0.29) is 0 Å². The topological polar surface area (TPSA) is 27.8 Å². The molecule has 0 aliphatic heterocycles. The van der Waals surface area contributed by atoms with E-state index in [1.54, 1.807) is 0 Å². The van der Waals surface area contributed by atoms with Gasteiger partial charge in [0.25, 0.3) is 0 Å². The molecule has 96 valence electrons. The van der Waals surface area contributed by atoms with Gasteiger partial charge >= 0.3 is 0 Å². The predicted octanol–water partition coefficient (Wildman–Crippen LogP) is 3.69. The molecule has 1 saturated carbocycles. The smallest absolute Gasteiger partial charge is 0.0457 e. The Kier molecular flexibility index (Phi) is 3.37. The highest BCUT2D eigenvalue weighted by Crippen LogP contribution is 2.30. The summed E-state index contributed by atoms with van der Waals surface area (Å²) in [6.07, 6.45) is 6.26. The second kappa shape index (κ2) is 5.15. The van der Waals surface area contributed by atoms with Crippen molar-refractivity contribution in [1.82, 2.24) is 10.3 Å². The molecular formula is C16H22N2. The minimum absolute atomic E-state index is 0.885. The summed E-state index contributed by atoms with van der Waals surface area (Å²) in [4.78, 5) is 3.27. The Bertz CT molecular complexity index is 515. The fourth-order valence-corrected chi connectivity index (χ4v) is 3.22. The van der Waals surface area contributed by atoms with Crippen molar-refractivity contribution in [2.24, 2.45) is 11.8 Å². The van der Waals surface area contributed by atoms with Gasteiger partial charge in [0.1, 0.15) is 0 Å². The van der Waals surface area contributed by atoms with Crippen LogP contribution in [0.25, 0.3) is 10.9 Å². The minimum Gasteiger partial charge on any atom is -0.361 e. The van der Waals surface area contributed by atoms with E-state index in [2.05, 4.69) is 41.5 Å². The van der Waals surface area contributed by atoms with Crippen LogP contribution < -0.4 is 5.32 Å². The maximum atomic E-state index is 3.64. The molecule has 0 bridgehead atoms. The summed E-state index contributed by atoms with van der Waals surface area (Å²) in [6, 6.07) is 8.66. The zero-order valence-corrected chi connectivity index (χ0v) is 11.1. The zero-order valence-electron chi connectivity index (χ0n) is 11.1. The molecule has 2 nitrogen and oxygen atoms in total. The maximum absolute atomic E-state index is 3.64. The van der Waals surface area contributed by atoms with E-state index in [1.165, 1.54) is 42.3 Å². The summed E-state index contributed by atoms with van der Waals surface area (Å²) in [5.41, 5.74) is 2.64. The Hall–Kier alpha value is -1.28. The third-order valence-electron chi connectivity index (χ3n) is 4.45. The predicted molar refractivity (Wildman–Crippen MR) is 76.5 cm³/mol. The molecule has 18 heavy (non-hydrogen) atoms. The van der Waals surface area contributed by atoms with Crippen LogP contribution in [-0.4, -0.2) is 11.5 Å². The summed E-state index contributed by atoms with van der Waals surface area (Å²) in [5, 5.41) is 4.99. The van der Waals surface area contributed by atoms with Gasteiger partial charge in [0.05, 0.1) is 0 Å². The Morgan fingerprint density at radius 2 is 2.22 bits per heavy atom. The lowest BCUT2D eigenvalue weighted by atomic mass is 9.98. The highest BCUT2D eigenvalue weighted by atomic mass is 14.9. The zero-order chi connectivity index (χ0) is 12.4. The van der Waals surface area contributed by atoms with Crippen LogP contribution in [0.15, 0.2) is 30.5 Å². The Balaban J connectivity index is 1.61. The van der Waals surface area contributed by atoms with Crippen molar-refractivity contribution >= 4 is 10.9 Å². The van der Waals surface area contributed by atoms with Crippen LogP contribution >= 0.6 is 0 Å². The van der Waals surface area contributed by atoms with Crippen LogP contribution in [0.5, 0.6) is 0 Å². The molecule has 0 saturated heterocycles. The van der Waals surface area contributed by atoms with E-state index in [0.717, 1.165) is 18.4 Å². The second-order valence-electron chi connectivity index (χ2n) is 5.66. The summed E-state index contributed by atoms with van der Waals surface area (Å²) >= 11 is 0. The molecular weight excluding hydrogens is 220 g/mol. The first kappa shape index (κ1) is 11.8. The number of nitrogens with one attached hydrogen (secondary N) is 2. The van der Waals surface area contributed by atoms with Gasteiger partial charge in [-0.25, -0.2) is 0 Å². The van der Waals surface area contributed by atoms with Crippen LogP contribution in [0.3, 0.4) is 0 Å². The highest BCUT2D eigenvalue weighted by molar-refractivity contribution is 5.82. The van der Waals surface area contributed by atoms with Crippen molar-refractivity contribution in [1.29, 1.82) is 0 Å². The summed E-state index contributed by atoms with van der Waals surface area (Å²) in [5.74, 6) is 1.79. The number of benzene rings is 1. The normalized spacial score (nSPS) is 23.8. The maximum Gasteiger partial charge on any atom is 0.0457 e. The minimum atomic E-state index is 0.885. The number of aromatic nitrogens is 1. The fourth-order valence-electron chi connectivity index (χ4n) is 3.22. The molecule has 1 heterocycles. The van der Waals surface area contributed by atoms with Gasteiger partial charge in [0, 0.05) is 23.6 Å². The molecule has 2 unspecified atom stereocenters. The number of hydrogen-bond donors (Lipinski definition) is 2. The van der Waals surface area contributed by atoms with Gasteiger partial charge in [0.2, 0.25) is 0 Å². The number of H-pyrrole nitrogens is 1. The van der Waals surface area contributed by atoms with Crippen LogP contribution in [-0.2, 0) is 6.54 Å². The quantitative estimate of drug-likeness (QED) is 0.840. The third kappa shape index (κ3) is 2.30. The van der Waals surface area contributed by atoms with Crippen molar-refractivity contribution in [3.8, 4) is 0 Å². The van der Waals surface area contributed by atoms with Crippen LogP contribution in [0.4, 0.5) is 0 Å². The van der Waals surface area contributed by atoms with E-state index in [4.69, 9.17) is 0 Å². The fraction of sp³-hybridized carbons (Fsp3) is 0.500. The van der Waals surface area contributed by atoms with Gasteiger partial charge in [-0.15, -0.1) is 0 Å². The first-order chi connectivity index (χ1) is 8.84. The molecule has 1 aromatic carbocycles. The Morgan fingerprint density at radius 1 is 1.28 bits per heavy atom. The Morgan fingerprint density at radius 3 is 3.06 bits per heavy atom. The monoisotopic (exact) mass is 242 g/mol. The lowest BCUT2D eigenvalue weighted by Crippen LogP contribution is -2.23. The average Bonchev–Trinajstić information content (AvgIpc) is 2.99. The van der Waals surface area contributed by atoms with E-state index >= 15 is 0 Å². The van der Waals surface area contributed by atoms with E-state index in [0.29, 0.717) is 0 Å². The van der Waals surface area contributed by atoms with Gasteiger partial charge in [-0.1, -0.05) is 31.9 Å². The second-order valence-corrected chi connectivity index (χ2v) is 5.66. The van der Waals surface area contributed by atoms with Crippen molar-refractivity contribution in [3.63, 3.8) is 0 Å². The van der Waals surface area contributed by atoms with Gasteiger partial charge in [-0.2, -0.15) is 0 Å². The van der Waals surface area contributed by atoms with Crippen LogP contribution in [0.2, 0.25) is 0 Å². The SMILES string of the molecule is CC1CCCC1CNCc1cccc2[nH]ccc12.